The van der Waals surface area contributed by atoms with Crippen molar-refractivity contribution in [2.75, 3.05) is 4.90 Å². The molecule has 0 radical (unpaired) electrons. The van der Waals surface area contributed by atoms with Gasteiger partial charge in [0.15, 0.2) is 11.2 Å². The zero-order valence-corrected chi connectivity index (χ0v) is 30.0. The molecular formula is C49H26N6O2. The summed E-state index contributed by atoms with van der Waals surface area (Å²) in [5, 5.41) is 33.3. The molecule has 0 atom stereocenters. The molecule has 0 spiro atoms. The van der Waals surface area contributed by atoms with Gasteiger partial charge >= 0.3 is 0 Å². The minimum Gasteiger partial charge on any atom is -0.436 e. The first-order valence-corrected chi connectivity index (χ1v) is 18.1. The van der Waals surface area contributed by atoms with Gasteiger partial charge in [-0.25, -0.2) is 9.97 Å². The van der Waals surface area contributed by atoms with Crippen LogP contribution >= 0.6 is 0 Å². The highest BCUT2D eigenvalue weighted by Gasteiger charge is 2.18. The zero-order chi connectivity index (χ0) is 38.5. The Morgan fingerprint density at radius 1 is 0.421 bits per heavy atom. The summed E-state index contributed by atoms with van der Waals surface area (Å²) in [7, 11) is 0. The van der Waals surface area contributed by atoms with Crippen molar-refractivity contribution in [2.45, 2.75) is 0 Å². The van der Waals surface area contributed by atoms with E-state index < -0.39 is 0 Å². The van der Waals surface area contributed by atoms with Crippen molar-refractivity contribution in [1.82, 2.24) is 9.97 Å². The number of hydrogen-bond acceptors (Lipinski definition) is 8. The van der Waals surface area contributed by atoms with Crippen molar-refractivity contribution >= 4 is 60.8 Å². The largest absolute Gasteiger partial charge is 0.436 e. The normalized spacial score (nSPS) is 11.1. The average molecular weight is 731 g/mol. The third kappa shape index (κ3) is 5.95. The van der Waals surface area contributed by atoms with E-state index in [0.717, 1.165) is 60.9 Å². The van der Waals surface area contributed by atoms with Crippen LogP contribution in [0.3, 0.4) is 0 Å². The molecule has 0 aliphatic heterocycles. The van der Waals surface area contributed by atoms with E-state index >= 15 is 0 Å². The predicted octanol–water partition coefficient (Wildman–Crippen LogP) is 12.4. The highest BCUT2D eigenvalue weighted by molar-refractivity contribution is 5.96. The van der Waals surface area contributed by atoms with E-state index in [0.29, 0.717) is 50.7 Å². The van der Waals surface area contributed by atoms with Gasteiger partial charge in [-0.15, -0.1) is 0 Å². The second kappa shape index (κ2) is 13.4. The number of oxazole rings is 2. The molecule has 57 heavy (non-hydrogen) atoms. The van der Waals surface area contributed by atoms with Gasteiger partial charge in [0.05, 0.1) is 34.9 Å². The average Bonchev–Trinajstić information content (AvgIpc) is 3.90. The molecule has 0 amide bonds. The van der Waals surface area contributed by atoms with Crippen LogP contribution in [0.25, 0.3) is 77.8 Å². The third-order valence-electron chi connectivity index (χ3n) is 10.2. The Labute approximate surface area is 326 Å². The lowest BCUT2D eigenvalue weighted by molar-refractivity contribution is 0.619. The molecule has 0 aliphatic carbocycles. The molecule has 0 saturated heterocycles. The summed E-state index contributed by atoms with van der Waals surface area (Å²) in [6.07, 6.45) is 0. The van der Waals surface area contributed by atoms with E-state index in [4.69, 9.17) is 8.83 Å². The molecule has 0 aliphatic rings. The van der Waals surface area contributed by atoms with Gasteiger partial charge in [0, 0.05) is 33.8 Å². The van der Waals surface area contributed by atoms with Crippen LogP contribution in [0.15, 0.2) is 167 Å². The van der Waals surface area contributed by atoms with Gasteiger partial charge < -0.3 is 13.7 Å². The lowest BCUT2D eigenvalue weighted by Crippen LogP contribution is -2.10. The van der Waals surface area contributed by atoms with Crippen molar-refractivity contribution in [3.63, 3.8) is 0 Å². The van der Waals surface area contributed by atoms with Gasteiger partial charge in [-0.2, -0.15) is 15.8 Å². The molecule has 8 nitrogen and oxygen atoms in total. The van der Waals surface area contributed by atoms with Gasteiger partial charge in [0.2, 0.25) is 11.8 Å². The van der Waals surface area contributed by atoms with Crippen molar-refractivity contribution in [2.24, 2.45) is 0 Å². The molecule has 8 aromatic carbocycles. The summed E-state index contributed by atoms with van der Waals surface area (Å²) < 4.78 is 12.1. The van der Waals surface area contributed by atoms with Crippen molar-refractivity contribution in [1.29, 1.82) is 15.8 Å². The van der Waals surface area contributed by atoms with Crippen LogP contribution in [-0.2, 0) is 0 Å². The van der Waals surface area contributed by atoms with Crippen LogP contribution in [-0.4, -0.2) is 9.97 Å². The molecule has 0 unspecified atom stereocenters. The summed E-state index contributed by atoms with van der Waals surface area (Å²) in [5.41, 5.74) is 10.2. The van der Waals surface area contributed by atoms with E-state index in [1.54, 1.807) is 36.4 Å². The fourth-order valence-electron chi connectivity index (χ4n) is 7.31. The van der Waals surface area contributed by atoms with Crippen LogP contribution < -0.4 is 4.90 Å². The second-order valence-corrected chi connectivity index (χ2v) is 13.7. The van der Waals surface area contributed by atoms with Crippen LogP contribution in [0, 0.1) is 34.0 Å². The first-order valence-electron chi connectivity index (χ1n) is 18.1. The van der Waals surface area contributed by atoms with Crippen molar-refractivity contribution in [3.05, 3.63) is 174 Å². The molecule has 10 rings (SSSR count). The maximum Gasteiger partial charge on any atom is 0.227 e. The summed E-state index contributed by atoms with van der Waals surface area (Å²) in [6, 6.07) is 57.9. The Morgan fingerprint density at radius 2 is 0.947 bits per heavy atom. The quantitative estimate of drug-likeness (QED) is 0.165. The fourth-order valence-corrected chi connectivity index (χ4v) is 7.31. The van der Waals surface area contributed by atoms with Gasteiger partial charge in [-0.1, -0.05) is 42.5 Å². The topological polar surface area (TPSA) is 127 Å². The minimum atomic E-state index is 0.458. The predicted molar refractivity (Wildman–Crippen MR) is 222 cm³/mol. The summed E-state index contributed by atoms with van der Waals surface area (Å²) in [6.45, 7) is 0. The zero-order valence-electron chi connectivity index (χ0n) is 30.0. The highest BCUT2D eigenvalue weighted by Crippen LogP contribution is 2.40. The standard InChI is InChI=1S/C49H26N6O2/c50-27-30-5-19-46-44(21-30)53-48(56-46)33-9-14-40(15-10-33)55(41-16-11-34(12-17-41)49-54-45-22-31(28-51)6-20-47(45)57-49)42-18-13-36-26-43(39(29-52)24-38(36)25-42)37-8-7-32-3-1-2-4-35(32)23-37/h1-26H. The molecule has 2 aromatic heterocycles. The van der Waals surface area contributed by atoms with Crippen LogP contribution in [0.5, 0.6) is 0 Å². The molecular weight excluding hydrogens is 705 g/mol. The van der Waals surface area contributed by atoms with E-state index in [-0.39, 0.29) is 0 Å². The number of aromatic nitrogens is 2. The highest BCUT2D eigenvalue weighted by atomic mass is 16.4. The number of rotatable bonds is 6. The number of hydrogen-bond donors (Lipinski definition) is 0. The Bertz CT molecular complexity index is 3210. The molecule has 2 heterocycles. The van der Waals surface area contributed by atoms with Crippen LogP contribution in [0.1, 0.15) is 16.7 Å². The molecule has 10 aromatic rings. The first kappa shape index (κ1) is 33.1. The number of benzene rings is 8. The number of anilines is 3. The summed E-state index contributed by atoms with van der Waals surface area (Å²) in [4.78, 5) is 11.4. The van der Waals surface area contributed by atoms with Gasteiger partial charge in [-0.3, -0.25) is 0 Å². The maximum atomic E-state index is 10.4. The molecule has 0 fully saturated rings. The second-order valence-electron chi connectivity index (χ2n) is 13.7. The molecule has 264 valence electrons. The first-order chi connectivity index (χ1) is 28.0. The Morgan fingerprint density at radius 3 is 1.53 bits per heavy atom. The lowest BCUT2D eigenvalue weighted by atomic mass is 9.94. The number of fused-ring (bicyclic) bond motifs is 4. The Hall–Kier alpha value is -8.51. The van der Waals surface area contributed by atoms with Crippen molar-refractivity contribution < 1.29 is 8.83 Å². The monoisotopic (exact) mass is 730 g/mol. The van der Waals surface area contributed by atoms with Gasteiger partial charge in [0.1, 0.15) is 11.0 Å². The molecule has 0 N–H and O–H groups in total. The summed E-state index contributed by atoms with van der Waals surface area (Å²) in [5.74, 6) is 0.916. The van der Waals surface area contributed by atoms with Gasteiger partial charge in [0.25, 0.3) is 0 Å². The SMILES string of the molecule is N#Cc1ccc2oc(-c3ccc(N(c4ccc(-c5nc6cc(C#N)ccc6o5)cc4)c4ccc5cc(-c6ccc7ccccc7c6)c(C#N)cc5c4)cc3)nc2c1. The van der Waals surface area contributed by atoms with E-state index in [1.165, 1.54) is 0 Å². The maximum absolute atomic E-state index is 10.4. The Kier molecular flexibility index (Phi) is 7.78. The molecule has 8 heteroatoms. The van der Waals surface area contributed by atoms with Gasteiger partial charge in [-0.05, 0) is 142 Å². The van der Waals surface area contributed by atoms with E-state index in [9.17, 15) is 15.8 Å². The number of nitriles is 3. The van der Waals surface area contributed by atoms with E-state index in [1.807, 2.05) is 66.7 Å². The fraction of sp³-hybridized carbons (Fsp3) is 0. The Balaban J connectivity index is 1.06. The van der Waals surface area contributed by atoms with Crippen molar-refractivity contribution in [3.8, 4) is 52.2 Å². The third-order valence-corrected chi connectivity index (χ3v) is 10.2. The molecule has 0 bridgehead atoms. The number of nitrogens with zero attached hydrogens (tertiary/aromatic N) is 6. The van der Waals surface area contributed by atoms with E-state index in [2.05, 4.69) is 87.7 Å². The summed E-state index contributed by atoms with van der Waals surface area (Å²) >= 11 is 0. The lowest BCUT2D eigenvalue weighted by Gasteiger charge is -2.26. The smallest absolute Gasteiger partial charge is 0.227 e. The minimum absolute atomic E-state index is 0.458. The van der Waals surface area contributed by atoms with Crippen LogP contribution in [0.2, 0.25) is 0 Å². The van der Waals surface area contributed by atoms with Crippen LogP contribution in [0.4, 0.5) is 17.1 Å². The molecule has 0 saturated carbocycles.